The minimum atomic E-state index is -0.831. The van der Waals surface area contributed by atoms with E-state index in [0.717, 1.165) is 5.75 Å². The Hall–Kier alpha value is -1.59. The summed E-state index contributed by atoms with van der Waals surface area (Å²) in [4.78, 5) is 12.4. The second-order valence-electron chi connectivity index (χ2n) is 4.37. The van der Waals surface area contributed by atoms with E-state index in [9.17, 15) is 4.79 Å². The summed E-state index contributed by atoms with van der Waals surface area (Å²) in [5, 5.41) is 17.6. The van der Waals surface area contributed by atoms with Crippen LogP contribution in [-0.4, -0.2) is 53.9 Å². The van der Waals surface area contributed by atoms with Crippen molar-refractivity contribution in [2.75, 3.05) is 32.8 Å². The molecular formula is C14H21NO4. The Morgan fingerprint density at radius 2 is 1.89 bits per heavy atom. The Morgan fingerprint density at radius 1 is 1.21 bits per heavy atom. The van der Waals surface area contributed by atoms with E-state index in [1.54, 1.807) is 0 Å². The van der Waals surface area contributed by atoms with Crippen LogP contribution in [0.25, 0.3) is 0 Å². The predicted molar refractivity (Wildman–Crippen MR) is 72.5 cm³/mol. The summed E-state index contributed by atoms with van der Waals surface area (Å²) in [6, 6.07) is 7.77. The summed E-state index contributed by atoms with van der Waals surface area (Å²) in [6.07, 6.45) is 0.0739. The Labute approximate surface area is 113 Å². The molecule has 0 saturated carbocycles. The van der Waals surface area contributed by atoms with Gasteiger partial charge < -0.3 is 14.9 Å². The molecule has 19 heavy (non-hydrogen) atoms. The fourth-order valence-corrected chi connectivity index (χ4v) is 1.66. The van der Waals surface area contributed by atoms with Gasteiger partial charge in [0.2, 0.25) is 0 Å². The molecule has 0 unspecified atom stereocenters. The van der Waals surface area contributed by atoms with Gasteiger partial charge in [0.25, 0.3) is 0 Å². The van der Waals surface area contributed by atoms with Gasteiger partial charge in [-0.1, -0.05) is 17.7 Å². The maximum atomic E-state index is 10.5. The van der Waals surface area contributed by atoms with Crippen LogP contribution in [0.3, 0.4) is 0 Å². The Kier molecular flexibility index (Phi) is 6.92. The zero-order chi connectivity index (χ0) is 14.1. The number of rotatable bonds is 9. The van der Waals surface area contributed by atoms with Gasteiger partial charge in [0.1, 0.15) is 12.4 Å². The van der Waals surface area contributed by atoms with E-state index in [2.05, 4.69) is 0 Å². The minimum absolute atomic E-state index is 0.0180. The molecule has 0 saturated heterocycles. The van der Waals surface area contributed by atoms with E-state index in [1.807, 2.05) is 36.1 Å². The first kappa shape index (κ1) is 15.5. The molecule has 0 heterocycles. The van der Waals surface area contributed by atoms with Gasteiger partial charge >= 0.3 is 5.97 Å². The van der Waals surface area contributed by atoms with Crippen LogP contribution in [0.4, 0.5) is 0 Å². The van der Waals surface area contributed by atoms with Gasteiger partial charge in [0.15, 0.2) is 0 Å². The van der Waals surface area contributed by atoms with E-state index < -0.39 is 5.97 Å². The molecule has 0 aromatic heterocycles. The molecule has 1 rings (SSSR count). The highest BCUT2D eigenvalue weighted by Crippen LogP contribution is 2.11. The van der Waals surface area contributed by atoms with Crippen LogP contribution < -0.4 is 4.74 Å². The molecule has 0 aliphatic carbocycles. The molecule has 5 heteroatoms. The maximum absolute atomic E-state index is 10.5. The second-order valence-corrected chi connectivity index (χ2v) is 4.37. The lowest BCUT2D eigenvalue weighted by molar-refractivity contribution is -0.137. The molecule has 106 valence electrons. The van der Waals surface area contributed by atoms with Crippen molar-refractivity contribution < 1.29 is 19.7 Å². The van der Waals surface area contributed by atoms with E-state index in [-0.39, 0.29) is 13.0 Å². The standard InChI is InChI=1S/C14H21NO4/c1-12-2-4-13(5-3-12)19-11-9-15(8-10-16)7-6-14(17)18/h2-5,16H,6-11H2,1H3,(H,17,18). The summed E-state index contributed by atoms with van der Waals surface area (Å²) >= 11 is 0. The number of aryl methyl sites for hydroxylation is 1. The van der Waals surface area contributed by atoms with Crippen molar-refractivity contribution in [2.24, 2.45) is 0 Å². The van der Waals surface area contributed by atoms with Crippen LogP contribution in [0.15, 0.2) is 24.3 Å². The van der Waals surface area contributed by atoms with Crippen LogP contribution >= 0.6 is 0 Å². The van der Waals surface area contributed by atoms with Gasteiger partial charge in [-0.3, -0.25) is 9.69 Å². The molecule has 0 spiro atoms. The summed E-state index contributed by atoms with van der Waals surface area (Å²) < 4.78 is 5.57. The van der Waals surface area contributed by atoms with Crippen molar-refractivity contribution in [1.82, 2.24) is 4.90 Å². The van der Waals surface area contributed by atoms with E-state index in [4.69, 9.17) is 14.9 Å². The third-order valence-electron chi connectivity index (χ3n) is 2.76. The lowest BCUT2D eigenvalue weighted by Crippen LogP contribution is -2.33. The summed E-state index contributed by atoms with van der Waals surface area (Å²) in [5.41, 5.74) is 1.18. The van der Waals surface area contributed by atoms with Gasteiger partial charge in [0.05, 0.1) is 13.0 Å². The van der Waals surface area contributed by atoms with Crippen molar-refractivity contribution in [2.45, 2.75) is 13.3 Å². The fourth-order valence-electron chi connectivity index (χ4n) is 1.66. The van der Waals surface area contributed by atoms with Gasteiger partial charge in [-0.2, -0.15) is 0 Å². The number of benzene rings is 1. The van der Waals surface area contributed by atoms with Gasteiger partial charge in [-0.05, 0) is 19.1 Å². The normalized spacial score (nSPS) is 10.7. The van der Waals surface area contributed by atoms with Crippen LogP contribution in [-0.2, 0) is 4.79 Å². The Balaban J connectivity index is 2.30. The van der Waals surface area contributed by atoms with Crippen LogP contribution in [0.2, 0.25) is 0 Å². The molecule has 0 aliphatic heterocycles. The molecule has 0 bridgehead atoms. The summed E-state index contributed by atoms with van der Waals surface area (Å²) in [7, 11) is 0. The highest BCUT2D eigenvalue weighted by molar-refractivity contribution is 5.66. The van der Waals surface area contributed by atoms with Gasteiger partial charge in [-0.25, -0.2) is 0 Å². The first-order chi connectivity index (χ1) is 9.11. The number of aliphatic hydroxyl groups excluding tert-OH is 1. The zero-order valence-corrected chi connectivity index (χ0v) is 11.2. The number of aliphatic carboxylic acids is 1. The number of nitrogens with zero attached hydrogens (tertiary/aromatic N) is 1. The number of ether oxygens (including phenoxy) is 1. The van der Waals surface area contributed by atoms with Gasteiger partial charge in [-0.15, -0.1) is 0 Å². The highest BCUT2D eigenvalue weighted by atomic mass is 16.5. The van der Waals surface area contributed by atoms with Crippen molar-refractivity contribution in [3.63, 3.8) is 0 Å². The van der Waals surface area contributed by atoms with Crippen LogP contribution in [0.1, 0.15) is 12.0 Å². The molecule has 2 N–H and O–H groups in total. The molecule has 5 nitrogen and oxygen atoms in total. The molecule has 0 aliphatic rings. The van der Waals surface area contributed by atoms with Crippen LogP contribution in [0, 0.1) is 6.92 Å². The number of carboxylic acid groups (broad SMARTS) is 1. The molecule has 1 aromatic rings. The predicted octanol–water partition coefficient (Wildman–Crippen LogP) is 1.14. The Morgan fingerprint density at radius 3 is 2.47 bits per heavy atom. The molecule has 0 atom stereocenters. The van der Waals surface area contributed by atoms with Crippen molar-refractivity contribution in [3.05, 3.63) is 29.8 Å². The SMILES string of the molecule is Cc1ccc(OCCN(CCO)CCC(=O)O)cc1. The topological polar surface area (TPSA) is 70.0 Å². The first-order valence-corrected chi connectivity index (χ1v) is 6.36. The lowest BCUT2D eigenvalue weighted by atomic mass is 10.2. The number of carboxylic acids is 1. The summed E-state index contributed by atoms with van der Waals surface area (Å²) in [6.45, 7) is 3.99. The third-order valence-corrected chi connectivity index (χ3v) is 2.76. The smallest absolute Gasteiger partial charge is 0.304 e. The monoisotopic (exact) mass is 267 g/mol. The van der Waals surface area contributed by atoms with Crippen molar-refractivity contribution in [1.29, 1.82) is 0 Å². The molecule has 0 fully saturated rings. The highest BCUT2D eigenvalue weighted by Gasteiger charge is 2.07. The van der Waals surface area contributed by atoms with E-state index >= 15 is 0 Å². The molecule has 0 amide bonds. The van der Waals surface area contributed by atoms with E-state index in [1.165, 1.54) is 5.56 Å². The van der Waals surface area contributed by atoms with E-state index in [0.29, 0.717) is 26.2 Å². The quantitative estimate of drug-likeness (QED) is 0.702. The average molecular weight is 267 g/mol. The molecule has 0 radical (unpaired) electrons. The molecule has 1 aromatic carbocycles. The van der Waals surface area contributed by atoms with Crippen molar-refractivity contribution >= 4 is 5.97 Å². The Bertz CT molecular complexity index is 378. The fraction of sp³-hybridized carbons (Fsp3) is 0.500. The largest absolute Gasteiger partial charge is 0.492 e. The number of hydrogen-bond donors (Lipinski definition) is 2. The van der Waals surface area contributed by atoms with Gasteiger partial charge in [0, 0.05) is 19.6 Å². The molecular weight excluding hydrogens is 246 g/mol. The lowest BCUT2D eigenvalue weighted by Gasteiger charge is -2.20. The maximum Gasteiger partial charge on any atom is 0.304 e. The number of hydrogen-bond acceptors (Lipinski definition) is 4. The second kappa shape index (κ2) is 8.50. The third kappa shape index (κ3) is 6.79. The first-order valence-electron chi connectivity index (χ1n) is 6.36. The van der Waals surface area contributed by atoms with Crippen molar-refractivity contribution in [3.8, 4) is 5.75 Å². The minimum Gasteiger partial charge on any atom is -0.492 e. The summed E-state index contributed by atoms with van der Waals surface area (Å²) in [5.74, 6) is -0.0322. The number of aliphatic hydroxyl groups is 1. The zero-order valence-electron chi connectivity index (χ0n) is 11.2. The van der Waals surface area contributed by atoms with Crippen LogP contribution in [0.5, 0.6) is 5.75 Å². The average Bonchev–Trinajstić information content (AvgIpc) is 2.38. The number of carbonyl (C=O) groups is 1.